The van der Waals surface area contributed by atoms with E-state index in [-0.39, 0.29) is 19.6 Å². The van der Waals surface area contributed by atoms with E-state index in [1.165, 1.54) is 19.3 Å². The SMILES string of the molecule is CC/C=C\C/C=C\C/C=C\C/C=C\C/C=C\C/C=C\C/C=C\CCCCOCC(COC1OC(COC2OC(CO)C(O)C(O)C2O)C(O)C(O)C1O)OC(=O)CCCCCCCCCC/C=C\C/C=C\C/C=C\C/C=C\CC. The van der Waals surface area contributed by atoms with Crippen LogP contribution in [0, 0.1) is 0 Å². The first-order chi connectivity index (χ1) is 38.6. The molecule has 0 aromatic rings. The van der Waals surface area contributed by atoms with E-state index in [1.54, 1.807) is 0 Å². The van der Waals surface area contributed by atoms with Gasteiger partial charge >= 0.3 is 5.97 Å². The Bertz CT molecular complexity index is 1810. The fraction of sp³-hybridized carbons (Fsp3) is 0.646. The first kappa shape index (κ1) is 71.2. The van der Waals surface area contributed by atoms with Crippen LogP contribution in [0.1, 0.15) is 168 Å². The highest BCUT2D eigenvalue weighted by atomic mass is 16.7. The maximum Gasteiger partial charge on any atom is 0.306 e. The standard InChI is InChI=1S/C65H104O14/c1-3-5-7-9-11-13-15-17-19-21-23-25-26-27-29-31-33-35-37-39-41-43-45-47-49-74-51-54(52-75-64-63(73)61(71)59(69)56(79-64)53-76-65-62(72)60(70)58(68)55(50-66)78-65)77-57(67)48-46-44-42-40-38-36-34-32-30-28-24-22-20-18-16-14-12-10-8-6-4-2/h5-8,11-14,17-20,23-25,27-29,33,35,39,41,54-56,58-66,68-73H,3-4,9-10,15-16,21-22,26,30-32,34,36-38,40,42-53H2,1-2H3/b7-5-,8-6-,13-11-,14-12-,19-17-,20-18-,25-23-,28-24-,29-27-,35-33-,41-39-. The van der Waals surface area contributed by atoms with Crippen molar-refractivity contribution in [1.82, 2.24) is 0 Å². The Hall–Kier alpha value is -3.87. The summed E-state index contributed by atoms with van der Waals surface area (Å²) in [5, 5.41) is 72.4. The molecule has 448 valence electrons. The van der Waals surface area contributed by atoms with Crippen LogP contribution in [0.15, 0.2) is 134 Å². The quantitative estimate of drug-likeness (QED) is 0.0172. The van der Waals surface area contributed by atoms with Crippen LogP contribution in [0.3, 0.4) is 0 Å². The van der Waals surface area contributed by atoms with Gasteiger partial charge in [0.1, 0.15) is 54.9 Å². The fourth-order valence-corrected chi connectivity index (χ4v) is 8.43. The van der Waals surface area contributed by atoms with Crippen LogP contribution in [0.2, 0.25) is 0 Å². The number of carbonyl (C=O) groups is 1. The smallest absolute Gasteiger partial charge is 0.306 e. The molecule has 14 nitrogen and oxygen atoms in total. The molecule has 14 heteroatoms. The summed E-state index contributed by atoms with van der Waals surface area (Å²) >= 11 is 0. The van der Waals surface area contributed by atoms with Crippen LogP contribution >= 0.6 is 0 Å². The minimum absolute atomic E-state index is 0.0180. The van der Waals surface area contributed by atoms with Gasteiger partial charge in [0, 0.05) is 13.0 Å². The van der Waals surface area contributed by atoms with Crippen molar-refractivity contribution < 1.29 is 69.0 Å². The maximum absolute atomic E-state index is 13.1. The Morgan fingerprint density at radius 1 is 0.418 bits per heavy atom. The van der Waals surface area contributed by atoms with E-state index in [9.17, 15) is 40.5 Å². The highest BCUT2D eigenvalue weighted by molar-refractivity contribution is 5.69. The van der Waals surface area contributed by atoms with Crippen LogP contribution in [0.25, 0.3) is 0 Å². The molecule has 11 atom stereocenters. The highest BCUT2D eigenvalue weighted by Crippen LogP contribution is 2.26. The molecule has 7 N–H and O–H groups in total. The van der Waals surface area contributed by atoms with E-state index in [0.29, 0.717) is 13.0 Å². The number of ether oxygens (including phenoxy) is 6. The number of rotatable bonds is 46. The van der Waals surface area contributed by atoms with Crippen molar-refractivity contribution in [2.75, 3.05) is 33.0 Å². The Morgan fingerprint density at radius 3 is 1.23 bits per heavy atom. The third kappa shape index (κ3) is 36.3. The molecule has 79 heavy (non-hydrogen) atoms. The molecule has 0 radical (unpaired) electrons. The van der Waals surface area contributed by atoms with Crippen LogP contribution < -0.4 is 0 Å². The lowest BCUT2D eigenvalue weighted by Gasteiger charge is -2.42. The van der Waals surface area contributed by atoms with Crippen molar-refractivity contribution in [3.05, 3.63) is 134 Å². The van der Waals surface area contributed by atoms with Gasteiger partial charge in [-0.3, -0.25) is 4.79 Å². The maximum atomic E-state index is 13.1. The van der Waals surface area contributed by atoms with Gasteiger partial charge in [0.25, 0.3) is 0 Å². The van der Waals surface area contributed by atoms with Crippen LogP contribution in [0.5, 0.6) is 0 Å². The number of aliphatic hydroxyl groups is 7. The molecule has 0 aliphatic carbocycles. The van der Waals surface area contributed by atoms with Crippen molar-refractivity contribution in [3.8, 4) is 0 Å². The first-order valence-corrected chi connectivity index (χ1v) is 29.8. The molecular formula is C65H104O14. The Labute approximate surface area is 475 Å². The number of unbranched alkanes of at least 4 members (excludes halogenated alkanes) is 10. The number of aliphatic hydroxyl groups excluding tert-OH is 7. The summed E-state index contributed by atoms with van der Waals surface area (Å²) in [4.78, 5) is 13.1. The molecule has 2 heterocycles. The summed E-state index contributed by atoms with van der Waals surface area (Å²) in [5.74, 6) is -0.406. The zero-order chi connectivity index (χ0) is 57.2. The second kappa shape index (κ2) is 49.9. The average molecular weight is 1110 g/mol. The molecule has 2 aliphatic rings. The van der Waals surface area contributed by atoms with Gasteiger partial charge in [-0.1, -0.05) is 186 Å². The van der Waals surface area contributed by atoms with E-state index in [0.717, 1.165) is 122 Å². The van der Waals surface area contributed by atoms with Gasteiger partial charge < -0.3 is 64.2 Å². The zero-order valence-electron chi connectivity index (χ0n) is 48.0. The summed E-state index contributed by atoms with van der Waals surface area (Å²) in [5.41, 5.74) is 0. The van der Waals surface area contributed by atoms with Gasteiger partial charge in [-0.05, 0) is 109 Å². The molecule has 0 aromatic carbocycles. The average Bonchev–Trinajstić information content (AvgIpc) is 3.46. The molecule has 0 amide bonds. The molecule has 0 aromatic heterocycles. The van der Waals surface area contributed by atoms with Crippen LogP contribution in [-0.2, 0) is 33.2 Å². The van der Waals surface area contributed by atoms with Crippen molar-refractivity contribution >= 4 is 5.97 Å². The molecule has 0 bridgehead atoms. The Kier molecular flexibility index (Phi) is 45.0. The predicted molar refractivity (Wildman–Crippen MR) is 316 cm³/mol. The molecular weight excluding hydrogens is 1000 g/mol. The van der Waals surface area contributed by atoms with Crippen molar-refractivity contribution in [1.29, 1.82) is 0 Å². The summed E-state index contributed by atoms with van der Waals surface area (Å²) in [7, 11) is 0. The van der Waals surface area contributed by atoms with Crippen molar-refractivity contribution in [3.63, 3.8) is 0 Å². The lowest BCUT2D eigenvalue weighted by Crippen LogP contribution is -2.61. The minimum Gasteiger partial charge on any atom is -0.457 e. The number of allylic oxidation sites excluding steroid dienone is 22. The van der Waals surface area contributed by atoms with E-state index >= 15 is 0 Å². The monoisotopic (exact) mass is 1110 g/mol. The first-order valence-electron chi connectivity index (χ1n) is 29.8. The lowest BCUT2D eigenvalue weighted by atomic mass is 9.98. The van der Waals surface area contributed by atoms with Gasteiger partial charge in [-0.25, -0.2) is 0 Å². The summed E-state index contributed by atoms with van der Waals surface area (Å²) in [6.07, 6.45) is 55.1. The van der Waals surface area contributed by atoms with E-state index < -0.39 is 86.7 Å². The van der Waals surface area contributed by atoms with Crippen molar-refractivity contribution in [2.24, 2.45) is 0 Å². The topological polar surface area (TPSA) is 214 Å². The Morgan fingerprint density at radius 2 is 0.785 bits per heavy atom. The molecule has 0 spiro atoms. The van der Waals surface area contributed by atoms with Crippen LogP contribution in [-0.4, -0.2) is 142 Å². The largest absolute Gasteiger partial charge is 0.457 e. The number of hydrogen-bond acceptors (Lipinski definition) is 14. The van der Waals surface area contributed by atoms with E-state index in [1.807, 2.05) is 0 Å². The van der Waals surface area contributed by atoms with Gasteiger partial charge in [0.2, 0.25) is 0 Å². The minimum atomic E-state index is -1.73. The number of esters is 1. The lowest BCUT2D eigenvalue weighted by molar-refractivity contribution is -0.332. The van der Waals surface area contributed by atoms with E-state index in [2.05, 4.69) is 148 Å². The van der Waals surface area contributed by atoms with Crippen molar-refractivity contribution in [2.45, 2.75) is 235 Å². The molecule has 2 saturated heterocycles. The molecule has 2 rings (SSSR count). The highest BCUT2D eigenvalue weighted by Gasteiger charge is 2.47. The van der Waals surface area contributed by atoms with Crippen LogP contribution in [0.4, 0.5) is 0 Å². The zero-order valence-corrected chi connectivity index (χ0v) is 48.0. The molecule has 2 fully saturated rings. The second-order valence-corrected chi connectivity index (χ2v) is 20.1. The van der Waals surface area contributed by atoms with E-state index in [4.69, 9.17) is 28.4 Å². The summed E-state index contributed by atoms with van der Waals surface area (Å²) in [6, 6.07) is 0. The predicted octanol–water partition coefficient (Wildman–Crippen LogP) is 11.1. The third-order valence-corrected chi connectivity index (χ3v) is 13.2. The summed E-state index contributed by atoms with van der Waals surface area (Å²) < 4.78 is 34.3. The molecule has 11 unspecified atom stereocenters. The number of hydrogen-bond donors (Lipinski definition) is 7. The Balaban J connectivity index is 1.75. The summed E-state index contributed by atoms with van der Waals surface area (Å²) in [6.45, 7) is 3.31. The second-order valence-electron chi connectivity index (χ2n) is 20.1. The van der Waals surface area contributed by atoms with Gasteiger partial charge in [0.15, 0.2) is 12.6 Å². The molecule has 0 saturated carbocycles. The number of carbonyl (C=O) groups excluding carboxylic acids is 1. The third-order valence-electron chi connectivity index (χ3n) is 13.2. The van der Waals surface area contributed by atoms with Gasteiger partial charge in [0.05, 0.1) is 26.4 Å². The van der Waals surface area contributed by atoms with Gasteiger partial charge in [-0.2, -0.15) is 0 Å². The fourth-order valence-electron chi connectivity index (χ4n) is 8.43. The normalized spacial score (nSPS) is 25.0. The molecule has 2 aliphatic heterocycles. The van der Waals surface area contributed by atoms with Gasteiger partial charge in [-0.15, -0.1) is 0 Å².